The number of hydrogen-bond acceptors (Lipinski definition) is 2. The molecule has 0 atom stereocenters. The second-order valence-electron chi connectivity index (χ2n) is 1.77. The van der Waals surface area contributed by atoms with Crippen molar-refractivity contribution in [2.45, 2.75) is 0 Å². The molecular weight excluding hydrogens is 152 g/mol. The maximum Gasteiger partial charge on any atom is 0.233 e. The van der Waals surface area contributed by atoms with Gasteiger partial charge in [0, 0.05) is 5.56 Å². The summed E-state index contributed by atoms with van der Waals surface area (Å²) in [5.74, 6) is -0.0949. The van der Waals surface area contributed by atoms with Gasteiger partial charge in [0.2, 0.25) is 6.29 Å². The predicted octanol–water partition coefficient (Wildman–Crippen LogP) is 1.50. The number of carbonyl (C=O) groups excluding carboxylic acids is 1. The van der Waals surface area contributed by atoms with Crippen LogP contribution in [-0.2, 0) is 4.79 Å². The van der Waals surface area contributed by atoms with E-state index in [-0.39, 0.29) is 10.8 Å². The van der Waals surface area contributed by atoms with Crippen LogP contribution in [0.4, 0.5) is 0 Å². The third-order valence-electron chi connectivity index (χ3n) is 1.06. The number of benzene rings is 1. The molecule has 3 heteroatoms. The standard InChI is InChI=1S/C7H4ClO2/c8-6-2-1-5(4-9)3-7(6)10/h1-3,10H. The van der Waals surface area contributed by atoms with Gasteiger partial charge in [-0.05, 0) is 18.2 Å². The van der Waals surface area contributed by atoms with Crippen LogP contribution in [0.5, 0.6) is 5.75 Å². The number of phenols is 1. The molecule has 0 aliphatic carbocycles. The third-order valence-corrected chi connectivity index (χ3v) is 1.38. The number of halogens is 1. The molecule has 0 aliphatic heterocycles. The van der Waals surface area contributed by atoms with Crippen molar-refractivity contribution in [3.63, 3.8) is 0 Å². The van der Waals surface area contributed by atoms with E-state index in [1.165, 1.54) is 18.2 Å². The Balaban J connectivity index is 3.16. The molecule has 0 spiro atoms. The average Bonchev–Trinajstić information content (AvgIpc) is 1.95. The van der Waals surface area contributed by atoms with E-state index < -0.39 is 0 Å². The number of hydrogen-bond donors (Lipinski definition) is 1. The van der Waals surface area contributed by atoms with Gasteiger partial charge in [0.15, 0.2) is 0 Å². The molecule has 1 aromatic carbocycles. The fraction of sp³-hybridized carbons (Fsp3) is 0. The first-order valence-corrected chi connectivity index (χ1v) is 2.98. The first-order valence-electron chi connectivity index (χ1n) is 2.60. The molecule has 1 radical (unpaired) electrons. The van der Waals surface area contributed by atoms with Crippen LogP contribution in [0.2, 0.25) is 5.02 Å². The molecule has 0 amide bonds. The molecule has 51 valence electrons. The van der Waals surface area contributed by atoms with Gasteiger partial charge in [-0.2, -0.15) is 0 Å². The number of rotatable bonds is 1. The van der Waals surface area contributed by atoms with E-state index in [0.717, 1.165) is 0 Å². The molecular formula is C7H4ClO2. The van der Waals surface area contributed by atoms with Gasteiger partial charge < -0.3 is 5.11 Å². The Bertz CT molecular complexity index is 258. The van der Waals surface area contributed by atoms with Gasteiger partial charge >= 0.3 is 0 Å². The summed E-state index contributed by atoms with van der Waals surface area (Å²) >= 11 is 5.46. The molecule has 0 heterocycles. The van der Waals surface area contributed by atoms with E-state index in [4.69, 9.17) is 16.7 Å². The second kappa shape index (κ2) is 2.71. The Morgan fingerprint density at radius 3 is 2.70 bits per heavy atom. The third kappa shape index (κ3) is 1.28. The van der Waals surface area contributed by atoms with Gasteiger partial charge in [-0.15, -0.1) is 0 Å². The van der Waals surface area contributed by atoms with E-state index in [1.54, 1.807) is 6.29 Å². The van der Waals surface area contributed by atoms with E-state index in [0.29, 0.717) is 5.56 Å². The Morgan fingerprint density at radius 2 is 2.20 bits per heavy atom. The van der Waals surface area contributed by atoms with E-state index in [9.17, 15) is 4.79 Å². The van der Waals surface area contributed by atoms with Crippen LogP contribution in [0.15, 0.2) is 18.2 Å². The molecule has 0 saturated heterocycles. The maximum absolute atomic E-state index is 9.99. The largest absolute Gasteiger partial charge is 0.506 e. The predicted molar refractivity (Wildman–Crippen MR) is 37.9 cm³/mol. The summed E-state index contributed by atoms with van der Waals surface area (Å²) in [6.07, 6.45) is 1.63. The number of phenolic OH excluding ortho intramolecular Hbond substituents is 1. The van der Waals surface area contributed by atoms with Gasteiger partial charge in [0.05, 0.1) is 5.02 Å². The quantitative estimate of drug-likeness (QED) is 0.668. The Hall–Kier alpha value is -1.02. The number of aromatic hydroxyl groups is 1. The van der Waals surface area contributed by atoms with Gasteiger partial charge in [0.1, 0.15) is 5.75 Å². The minimum atomic E-state index is -0.0949. The van der Waals surface area contributed by atoms with Crippen molar-refractivity contribution in [2.24, 2.45) is 0 Å². The summed E-state index contributed by atoms with van der Waals surface area (Å²) in [6, 6.07) is 4.18. The lowest BCUT2D eigenvalue weighted by molar-refractivity contribution is 0.475. The molecule has 1 rings (SSSR count). The smallest absolute Gasteiger partial charge is 0.233 e. The highest BCUT2D eigenvalue weighted by Crippen LogP contribution is 2.22. The fourth-order valence-corrected chi connectivity index (χ4v) is 0.694. The SMILES string of the molecule is O=[C]c1ccc(Cl)c(O)c1. The molecule has 0 fully saturated rings. The lowest BCUT2D eigenvalue weighted by Gasteiger charge is -1.94. The van der Waals surface area contributed by atoms with Crippen LogP contribution in [0, 0.1) is 0 Å². The molecule has 0 aromatic heterocycles. The van der Waals surface area contributed by atoms with Gasteiger partial charge in [-0.25, -0.2) is 0 Å². The maximum atomic E-state index is 9.99. The van der Waals surface area contributed by atoms with Crippen molar-refractivity contribution >= 4 is 17.9 Å². The van der Waals surface area contributed by atoms with Crippen LogP contribution in [0.1, 0.15) is 5.56 Å². The second-order valence-corrected chi connectivity index (χ2v) is 2.18. The molecule has 0 bridgehead atoms. The summed E-state index contributed by atoms with van der Waals surface area (Å²) in [4.78, 5) is 9.99. The highest BCUT2D eigenvalue weighted by molar-refractivity contribution is 6.32. The monoisotopic (exact) mass is 155 g/mol. The van der Waals surface area contributed by atoms with E-state index in [2.05, 4.69) is 0 Å². The highest BCUT2D eigenvalue weighted by atomic mass is 35.5. The van der Waals surface area contributed by atoms with Crippen LogP contribution in [0.25, 0.3) is 0 Å². The summed E-state index contributed by atoms with van der Waals surface area (Å²) < 4.78 is 0. The van der Waals surface area contributed by atoms with Gasteiger partial charge in [-0.1, -0.05) is 11.6 Å². The topological polar surface area (TPSA) is 37.3 Å². The van der Waals surface area contributed by atoms with Crippen molar-refractivity contribution in [3.8, 4) is 5.75 Å². The van der Waals surface area contributed by atoms with Crippen LogP contribution >= 0.6 is 11.6 Å². The van der Waals surface area contributed by atoms with Gasteiger partial charge in [0.25, 0.3) is 0 Å². The molecule has 1 aromatic rings. The molecule has 1 N–H and O–H groups in total. The van der Waals surface area contributed by atoms with Crippen LogP contribution < -0.4 is 0 Å². The molecule has 0 unspecified atom stereocenters. The zero-order chi connectivity index (χ0) is 7.56. The average molecular weight is 156 g/mol. The first kappa shape index (κ1) is 7.09. The lowest BCUT2D eigenvalue weighted by atomic mass is 10.2. The highest BCUT2D eigenvalue weighted by Gasteiger charge is 1.97. The Kier molecular flexibility index (Phi) is 1.92. The van der Waals surface area contributed by atoms with Crippen LogP contribution in [-0.4, -0.2) is 11.4 Å². The summed E-state index contributed by atoms with van der Waals surface area (Å²) in [5.41, 5.74) is 0.293. The minimum Gasteiger partial charge on any atom is -0.506 e. The summed E-state index contributed by atoms with van der Waals surface area (Å²) in [5, 5.41) is 9.16. The minimum absolute atomic E-state index is 0.0949. The summed E-state index contributed by atoms with van der Waals surface area (Å²) in [7, 11) is 0. The van der Waals surface area contributed by atoms with E-state index in [1.807, 2.05) is 0 Å². The Labute approximate surface area is 63.1 Å². The summed E-state index contributed by atoms with van der Waals surface area (Å²) in [6.45, 7) is 0. The zero-order valence-electron chi connectivity index (χ0n) is 4.97. The fourth-order valence-electron chi connectivity index (χ4n) is 0.576. The molecule has 0 saturated carbocycles. The normalized spacial score (nSPS) is 9.30. The van der Waals surface area contributed by atoms with Crippen LogP contribution in [0.3, 0.4) is 0 Å². The van der Waals surface area contributed by atoms with Crippen molar-refractivity contribution in [1.29, 1.82) is 0 Å². The molecule has 0 aliphatic rings. The molecule has 2 nitrogen and oxygen atoms in total. The van der Waals surface area contributed by atoms with E-state index >= 15 is 0 Å². The van der Waals surface area contributed by atoms with Crippen molar-refractivity contribution in [3.05, 3.63) is 28.8 Å². The molecule has 10 heavy (non-hydrogen) atoms. The van der Waals surface area contributed by atoms with Crippen molar-refractivity contribution < 1.29 is 9.90 Å². The van der Waals surface area contributed by atoms with Crippen molar-refractivity contribution in [1.82, 2.24) is 0 Å². The zero-order valence-corrected chi connectivity index (χ0v) is 5.72. The first-order chi connectivity index (χ1) is 4.74. The van der Waals surface area contributed by atoms with Gasteiger partial charge in [-0.3, -0.25) is 4.79 Å². The Morgan fingerprint density at radius 1 is 1.50 bits per heavy atom. The lowest BCUT2D eigenvalue weighted by Crippen LogP contribution is -1.78. The van der Waals surface area contributed by atoms with Crippen molar-refractivity contribution in [2.75, 3.05) is 0 Å².